The highest BCUT2D eigenvalue weighted by Gasteiger charge is 2.16. The molecule has 0 saturated carbocycles. The molecule has 0 aliphatic carbocycles. The molecule has 2 aromatic rings. The number of amides is 1. The van der Waals surface area contributed by atoms with Crippen LogP contribution in [-0.2, 0) is 4.79 Å². The molecule has 5 heteroatoms. The third-order valence-electron chi connectivity index (χ3n) is 2.46. The second kappa shape index (κ2) is 5.62. The van der Waals surface area contributed by atoms with E-state index in [1.165, 1.54) is 0 Å². The first-order chi connectivity index (χ1) is 8.68. The number of hydrogen-bond donors (Lipinski definition) is 2. The van der Waals surface area contributed by atoms with Gasteiger partial charge < -0.3 is 11.1 Å². The van der Waals surface area contributed by atoms with Crippen LogP contribution in [0.15, 0.2) is 48.7 Å². The standard InChI is InChI=1S/C13H12ClN3O/c14-12-10(7-4-8-16-12)17-13(18)11(15)9-5-2-1-3-6-9/h1-8,11H,15H2,(H,17,18). The highest BCUT2D eigenvalue weighted by molar-refractivity contribution is 6.32. The summed E-state index contributed by atoms with van der Waals surface area (Å²) in [5.41, 5.74) is 7.06. The van der Waals surface area contributed by atoms with Crippen LogP contribution in [0.3, 0.4) is 0 Å². The van der Waals surface area contributed by atoms with Gasteiger partial charge in [-0.25, -0.2) is 4.98 Å². The maximum Gasteiger partial charge on any atom is 0.245 e. The first-order valence-electron chi connectivity index (χ1n) is 5.40. The molecule has 0 fully saturated rings. The third kappa shape index (κ3) is 2.85. The molecule has 4 nitrogen and oxygen atoms in total. The SMILES string of the molecule is NC(C(=O)Nc1cccnc1Cl)c1ccccc1. The lowest BCUT2D eigenvalue weighted by molar-refractivity contribution is -0.117. The quantitative estimate of drug-likeness (QED) is 0.834. The Morgan fingerprint density at radius 1 is 1.22 bits per heavy atom. The molecular formula is C13H12ClN3O. The Labute approximate surface area is 110 Å². The van der Waals surface area contributed by atoms with Gasteiger partial charge in [0.25, 0.3) is 0 Å². The number of halogens is 1. The lowest BCUT2D eigenvalue weighted by Gasteiger charge is -2.12. The van der Waals surface area contributed by atoms with Gasteiger partial charge in [-0.05, 0) is 17.7 Å². The molecule has 0 radical (unpaired) electrons. The molecule has 0 bridgehead atoms. The average molecular weight is 262 g/mol. The van der Waals surface area contributed by atoms with Crippen molar-refractivity contribution in [3.8, 4) is 0 Å². The van der Waals surface area contributed by atoms with E-state index in [0.717, 1.165) is 5.56 Å². The molecule has 0 aliphatic rings. The summed E-state index contributed by atoms with van der Waals surface area (Å²) >= 11 is 5.85. The molecule has 1 aromatic carbocycles. The van der Waals surface area contributed by atoms with E-state index in [1.54, 1.807) is 30.5 Å². The Morgan fingerprint density at radius 2 is 1.94 bits per heavy atom. The van der Waals surface area contributed by atoms with Gasteiger partial charge in [-0.15, -0.1) is 0 Å². The van der Waals surface area contributed by atoms with E-state index in [4.69, 9.17) is 17.3 Å². The van der Waals surface area contributed by atoms with E-state index < -0.39 is 6.04 Å². The van der Waals surface area contributed by atoms with Crippen molar-refractivity contribution in [2.24, 2.45) is 5.73 Å². The molecular weight excluding hydrogens is 250 g/mol. The Bertz CT molecular complexity index is 545. The number of nitrogens with zero attached hydrogens (tertiary/aromatic N) is 1. The van der Waals surface area contributed by atoms with E-state index in [9.17, 15) is 4.79 Å². The summed E-state index contributed by atoms with van der Waals surface area (Å²) < 4.78 is 0. The second-order valence-electron chi connectivity index (χ2n) is 3.72. The Hall–Kier alpha value is -1.91. The number of rotatable bonds is 3. The van der Waals surface area contributed by atoms with Crippen LogP contribution < -0.4 is 11.1 Å². The second-order valence-corrected chi connectivity index (χ2v) is 4.08. The van der Waals surface area contributed by atoms with Crippen LogP contribution in [0.4, 0.5) is 5.69 Å². The van der Waals surface area contributed by atoms with Gasteiger partial charge in [-0.3, -0.25) is 4.79 Å². The van der Waals surface area contributed by atoms with E-state index >= 15 is 0 Å². The van der Waals surface area contributed by atoms with Gasteiger partial charge in [0.2, 0.25) is 5.91 Å². The summed E-state index contributed by atoms with van der Waals surface area (Å²) in [6, 6.07) is 11.8. The van der Waals surface area contributed by atoms with Crippen molar-refractivity contribution < 1.29 is 4.79 Å². The number of pyridine rings is 1. The molecule has 1 heterocycles. The van der Waals surface area contributed by atoms with E-state index in [-0.39, 0.29) is 11.1 Å². The van der Waals surface area contributed by atoms with Crippen molar-refractivity contribution in [3.63, 3.8) is 0 Å². The monoisotopic (exact) mass is 261 g/mol. The highest BCUT2D eigenvalue weighted by Crippen LogP contribution is 2.19. The first kappa shape index (κ1) is 12.5. The Balaban J connectivity index is 2.12. The van der Waals surface area contributed by atoms with Crippen molar-refractivity contribution in [1.29, 1.82) is 0 Å². The van der Waals surface area contributed by atoms with E-state index in [0.29, 0.717) is 5.69 Å². The number of carbonyl (C=O) groups is 1. The number of aromatic nitrogens is 1. The van der Waals surface area contributed by atoms with Crippen LogP contribution in [0, 0.1) is 0 Å². The van der Waals surface area contributed by atoms with Crippen molar-refractivity contribution in [2.45, 2.75) is 6.04 Å². The van der Waals surface area contributed by atoms with Gasteiger partial charge in [0, 0.05) is 6.20 Å². The maximum absolute atomic E-state index is 11.9. The fraction of sp³-hybridized carbons (Fsp3) is 0.0769. The smallest absolute Gasteiger partial charge is 0.245 e. The molecule has 1 amide bonds. The van der Waals surface area contributed by atoms with Gasteiger partial charge in [0.05, 0.1) is 5.69 Å². The number of benzene rings is 1. The summed E-state index contributed by atoms with van der Waals surface area (Å²) in [5.74, 6) is -0.323. The lowest BCUT2D eigenvalue weighted by Crippen LogP contribution is -2.27. The zero-order chi connectivity index (χ0) is 13.0. The number of anilines is 1. The fourth-order valence-electron chi connectivity index (χ4n) is 1.50. The number of nitrogens with one attached hydrogen (secondary N) is 1. The molecule has 2 rings (SSSR count). The van der Waals surface area contributed by atoms with Gasteiger partial charge in [0.15, 0.2) is 5.15 Å². The predicted octanol–water partition coefficient (Wildman–Crippen LogP) is 2.37. The molecule has 3 N–H and O–H groups in total. The van der Waals surface area contributed by atoms with Crippen molar-refractivity contribution in [3.05, 3.63) is 59.4 Å². The van der Waals surface area contributed by atoms with Gasteiger partial charge >= 0.3 is 0 Å². The summed E-state index contributed by atoms with van der Waals surface area (Å²) in [7, 11) is 0. The summed E-state index contributed by atoms with van der Waals surface area (Å²) in [6.07, 6.45) is 1.55. The van der Waals surface area contributed by atoms with Crippen molar-refractivity contribution >= 4 is 23.2 Å². The minimum Gasteiger partial charge on any atom is -0.322 e. The summed E-state index contributed by atoms with van der Waals surface area (Å²) in [4.78, 5) is 15.8. The molecule has 1 atom stereocenters. The summed E-state index contributed by atoms with van der Waals surface area (Å²) in [5, 5.41) is 2.89. The predicted molar refractivity (Wildman–Crippen MR) is 71.2 cm³/mol. The molecule has 1 aromatic heterocycles. The van der Waals surface area contributed by atoms with Crippen molar-refractivity contribution in [1.82, 2.24) is 4.98 Å². The van der Waals surface area contributed by atoms with E-state index in [1.807, 2.05) is 18.2 Å². The number of hydrogen-bond acceptors (Lipinski definition) is 3. The molecule has 1 unspecified atom stereocenters. The number of nitrogens with two attached hydrogens (primary N) is 1. The van der Waals surface area contributed by atoms with Crippen LogP contribution in [-0.4, -0.2) is 10.9 Å². The molecule has 0 spiro atoms. The summed E-state index contributed by atoms with van der Waals surface area (Å²) in [6.45, 7) is 0. The van der Waals surface area contributed by atoms with Crippen LogP contribution in [0.25, 0.3) is 0 Å². The maximum atomic E-state index is 11.9. The third-order valence-corrected chi connectivity index (χ3v) is 2.76. The van der Waals surface area contributed by atoms with Gasteiger partial charge in [0.1, 0.15) is 6.04 Å². The van der Waals surface area contributed by atoms with Crippen LogP contribution in [0.1, 0.15) is 11.6 Å². The Kier molecular flexibility index (Phi) is 3.92. The zero-order valence-corrected chi connectivity index (χ0v) is 10.3. The van der Waals surface area contributed by atoms with Gasteiger partial charge in [-0.2, -0.15) is 0 Å². The van der Waals surface area contributed by atoms with Crippen LogP contribution in [0.5, 0.6) is 0 Å². The van der Waals surface area contributed by atoms with Crippen LogP contribution >= 0.6 is 11.6 Å². The minimum absolute atomic E-state index is 0.242. The van der Waals surface area contributed by atoms with Crippen LogP contribution in [0.2, 0.25) is 5.15 Å². The number of carbonyl (C=O) groups excluding carboxylic acids is 1. The fourth-order valence-corrected chi connectivity index (χ4v) is 1.67. The topological polar surface area (TPSA) is 68.0 Å². The lowest BCUT2D eigenvalue weighted by atomic mass is 10.1. The normalized spacial score (nSPS) is 11.9. The van der Waals surface area contributed by atoms with E-state index in [2.05, 4.69) is 10.3 Å². The van der Waals surface area contributed by atoms with Crippen molar-refractivity contribution in [2.75, 3.05) is 5.32 Å². The first-order valence-corrected chi connectivity index (χ1v) is 5.78. The average Bonchev–Trinajstić information content (AvgIpc) is 2.41. The Morgan fingerprint density at radius 3 is 2.61 bits per heavy atom. The molecule has 18 heavy (non-hydrogen) atoms. The largest absolute Gasteiger partial charge is 0.322 e. The zero-order valence-electron chi connectivity index (χ0n) is 9.51. The highest BCUT2D eigenvalue weighted by atomic mass is 35.5. The molecule has 92 valence electrons. The molecule has 0 saturated heterocycles. The van der Waals surface area contributed by atoms with Gasteiger partial charge in [-0.1, -0.05) is 41.9 Å². The molecule has 0 aliphatic heterocycles. The minimum atomic E-state index is -0.734.